The van der Waals surface area contributed by atoms with E-state index < -0.39 is 0 Å². The van der Waals surface area contributed by atoms with Crippen molar-refractivity contribution in [3.63, 3.8) is 0 Å². The van der Waals surface area contributed by atoms with Crippen molar-refractivity contribution in [3.05, 3.63) is 44.2 Å². The first-order chi connectivity index (χ1) is 9.15. The zero-order chi connectivity index (χ0) is 13.4. The van der Waals surface area contributed by atoms with E-state index in [4.69, 9.17) is 11.6 Å². The molecule has 1 atom stereocenters. The minimum absolute atomic E-state index is 0.315. The fourth-order valence-electron chi connectivity index (χ4n) is 2.65. The number of nitrogens with one attached hydrogen (secondary N) is 1. The number of aromatic nitrogens is 2. The van der Waals surface area contributed by atoms with E-state index in [1.54, 1.807) is 0 Å². The van der Waals surface area contributed by atoms with Gasteiger partial charge in [0.05, 0.1) is 22.9 Å². The monoisotopic (exact) mass is 387 g/mol. The minimum atomic E-state index is 0.315. The molecule has 1 aromatic carbocycles. The number of anilines is 1. The van der Waals surface area contributed by atoms with Crippen LogP contribution in [0.4, 0.5) is 5.69 Å². The highest BCUT2D eigenvalue weighted by Crippen LogP contribution is 2.34. The van der Waals surface area contributed by atoms with E-state index in [2.05, 4.69) is 45.1 Å². The average Bonchev–Trinajstić information content (AvgIpc) is 2.76. The van der Waals surface area contributed by atoms with Crippen molar-refractivity contribution in [2.24, 2.45) is 7.05 Å². The Morgan fingerprint density at radius 3 is 3.11 bits per heavy atom. The fraction of sp³-hybridized carbons (Fsp3) is 0.357. The van der Waals surface area contributed by atoms with E-state index >= 15 is 0 Å². The molecule has 100 valence electrons. The van der Waals surface area contributed by atoms with Crippen LogP contribution in [0.5, 0.6) is 0 Å². The van der Waals surface area contributed by atoms with Crippen LogP contribution in [0.15, 0.2) is 24.4 Å². The summed E-state index contributed by atoms with van der Waals surface area (Å²) in [7, 11) is 2.01. The Kier molecular flexibility index (Phi) is 3.71. The Labute approximate surface area is 131 Å². The van der Waals surface area contributed by atoms with Crippen molar-refractivity contribution >= 4 is 39.9 Å². The Bertz CT molecular complexity index is 609. The number of fused-ring (bicyclic) bond motifs is 1. The topological polar surface area (TPSA) is 29.9 Å². The standard InChI is InChI=1S/C14H15ClIN3/c1-19-14-4-2-3-12(10(14)8-17-19)18-13-6-5-9(16)7-11(13)15/h5-8,12,18H,2-4H2,1H3. The van der Waals surface area contributed by atoms with Gasteiger partial charge in [0.15, 0.2) is 0 Å². The molecule has 5 heteroatoms. The molecule has 0 saturated heterocycles. The molecule has 0 aliphatic heterocycles. The molecule has 2 aromatic rings. The van der Waals surface area contributed by atoms with E-state index in [0.29, 0.717) is 6.04 Å². The second-order valence-electron chi connectivity index (χ2n) is 4.88. The predicted molar refractivity (Wildman–Crippen MR) is 86.7 cm³/mol. The van der Waals surface area contributed by atoms with Crippen LogP contribution in [0.3, 0.4) is 0 Å². The van der Waals surface area contributed by atoms with Gasteiger partial charge in [0.2, 0.25) is 0 Å². The third-order valence-corrected chi connectivity index (χ3v) is 4.62. The molecule has 0 radical (unpaired) electrons. The summed E-state index contributed by atoms with van der Waals surface area (Å²) in [6, 6.07) is 6.42. The highest BCUT2D eigenvalue weighted by molar-refractivity contribution is 14.1. The molecule has 0 spiro atoms. The lowest BCUT2D eigenvalue weighted by molar-refractivity contribution is 0.571. The molecule has 1 aliphatic carbocycles. The number of hydrogen-bond acceptors (Lipinski definition) is 2. The van der Waals surface area contributed by atoms with Crippen LogP contribution in [-0.4, -0.2) is 9.78 Å². The molecule has 0 saturated carbocycles. The number of halogens is 2. The molecule has 3 nitrogen and oxygen atoms in total. The molecule has 1 heterocycles. The molecule has 0 fully saturated rings. The number of nitrogens with zero attached hydrogens (tertiary/aromatic N) is 2. The van der Waals surface area contributed by atoms with E-state index in [-0.39, 0.29) is 0 Å². The van der Waals surface area contributed by atoms with Crippen molar-refractivity contribution in [1.29, 1.82) is 0 Å². The van der Waals surface area contributed by atoms with E-state index in [1.807, 2.05) is 24.0 Å². The molecule has 19 heavy (non-hydrogen) atoms. The van der Waals surface area contributed by atoms with Crippen LogP contribution < -0.4 is 5.32 Å². The van der Waals surface area contributed by atoms with Gasteiger partial charge in [-0.1, -0.05) is 11.6 Å². The van der Waals surface area contributed by atoms with E-state index in [0.717, 1.165) is 27.1 Å². The second kappa shape index (κ2) is 5.32. The quantitative estimate of drug-likeness (QED) is 0.784. The molecule has 1 aliphatic rings. The molecular formula is C14H15ClIN3. The molecule has 1 N–H and O–H groups in total. The number of aryl methyl sites for hydroxylation is 1. The van der Waals surface area contributed by atoms with Gasteiger partial charge in [-0.3, -0.25) is 4.68 Å². The van der Waals surface area contributed by atoms with Crippen LogP contribution >= 0.6 is 34.2 Å². The number of hydrogen-bond donors (Lipinski definition) is 1. The summed E-state index contributed by atoms with van der Waals surface area (Å²) >= 11 is 8.56. The molecule has 0 bridgehead atoms. The molecule has 0 amide bonds. The summed E-state index contributed by atoms with van der Waals surface area (Å²) in [5.41, 5.74) is 3.65. The van der Waals surface area contributed by atoms with Gasteiger partial charge in [-0.15, -0.1) is 0 Å². The molecular weight excluding hydrogens is 373 g/mol. The zero-order valence-electron chi connectivity index (χ0n) is 10.7. The van der Waals surface area contributed by atoms with Gasteiger partial charge in [-0.25, -0.2) is 0 Å². The fourth-order valence-corrected chi connectivity index (χ4v) is 3.56. The van der Waals surface area contributed by atoms with Crippen LogP contribution in [0.25, 0.3) is 0 Å². The van der Waals surface area contributed by atoms with Crippen molar-refractivity contribution in [3.8, 4) is 0 Å². The van der Waals surface area contributed by atoms with Crippen molar-refractivity contribution in [1.82, 2.24) is 9.78 Å². The van der Waals surface area contributed by atoms with Gasteiger partial charge in [-0.2, -0.15) is 5.10 Å². The minimum Gasteiger partial charge on any atom is -0.377 e. The van der Waals surface area contributed by atoms with E-state index in [9.17, 15) is 0 Å². The lowest BCUT2D eigenvalue weighted by atomic mass is 9.93. The van der Waals surface area contributed by atoms with Gasteiger partial charge in [0, 0.05) is 21.9 Å². The van der Waals surface area contributed by atoms with E-state index in [1.165, 1.54) is 17.7 Å². The third-order valence-electron chi connectivity index (χ3n) is 3.64. The zero-order valence-corrected chi connectivity index (χ0v) is 13.6. The molecule has 1 aromatic heterocycles. The van der Waals surface area contributed by atoms with Crippen LogP contribution in [-0.2, 0) is 13.5 Å². The molecule has 1 unspecified atom stereocenters. The summed E-state index contributed by atoms with van der Waals surface area (Å²) < 4.78 is 3.14. The maximum Gasteiger partial charge on any atom is 0.0648 e. The lowest BCUT2D eigenvalue weighted by Gasteiger charge is -2.25. The molecule has 3 rings (SSSR count). The SMILES string of the molecule is Cn1ncc2c1CCCC2Nc1ccc(I)cc1Cl. The average molecular weight is 388 g/mol. The summed E-state index contributed by atoms with van der Waals surface area (Å²) in [6.45, 7) is 0. The Morgan fingerprint density at radius 2 is 2.32 bits per heavy atom. The predicted octanol–water partition coefficient (Wildman–Crippen LogP) is 4.17. The maximum absolute atomic E-state index is 6.29. The first kappa shape index (κ1) is 13.2. The summed E-state index contributed by atoms with van der Waals surface area (Å²) in [4.78, 5) is 0. The highest BCUT2D eigenvalue weighted by atomic mass is 127. The summed E-state index contributed by atoms with van der Waals surface area (Å²) in [5.74, 6) is 0. The maximum atomic E-state index is 6.29. The Balaban J connectivity index is 1.88. The Hall–Kier alpha value is -0.750. The van der Waals surface area contributed by atoms with Crippen molar-refractivity contribution in [2.45, 2.75) is 25.3 Å². The lowest BCUT2D eigenvalue weighted by Crippen LogP contribution is -2.18. The largest absolute Gasteiger partial charge is 0.377 e. The van der Waals surface area contributed by atoms with Crippen molar-refractivity contribution < 1.29 is 0 Å². The number of benzene rings is 1. The highest BCUT2D eigenvalue weighted by Gasteiger charge is 2.23. The van der Waals surface area contributed by atoms with Crippen LogP contribution in [0.1, 0.15) is 30.1 Å². The van der Waals surface area contributed by atoms with Gasteiger partial charge in [-0.05, 0) is 60.1 Å². The van der Waals surface area contributed by atoms with Crippen molar-refractivity contribution in [2.75, 3.05) is 5.32 Å². The van der Waals surface area contributed by atoms with Gasteiger partial charge < -0.3 is 5.32 Å². The first-order valence-electron chi connectivity index (χ1n) is 6.37. The third kappa shape index (κ3) is 2.60. The van der Waals surface area contributed by atoms with Crippen LogP contribution in [0, 0.1) is 3.57 Å². The first-order valence-corrected chi connectivity index (χ1v) is 7.83. The Morgan fingerprint density at radius 1 is 1.47 bits per heavy atom. The summed E-state index contributed by atoms with van der Waals surface area (Å²) in [6.07, 6.45) is 5.41. The summed E-state index contributed by atoms with van der Waals surface area (Å²) in [5, 5.41) is 8.71. The smallest absolute Gasteiger partial charge is 0.0648 e. The van der Waals surface area contributed by atoms with Gasteiger partial charge >= 0.3 is 0 Å². The normalized spacial score (nSPS) is 18.2. The van der Waals surface area contributed by atoms with Crippen LogP contribution in [0.2, 0.25) is 5.02 Å². The van der Waals surface area contributed by atoms with Gasteiger partial charge in [0.1, 0.15) is 0 Å². The number of rotatable bonds is 2. The second-order valence-corrected chi connectivity index (χ2v) is 6.54. The van der Waals surface area contributed by atoms with Gasteiger partial charge in [0.25, 0.3) is 0 Å².